The lowest BCUT2D eigenvalue weighted by Crippen LogP contribution is -2.53. The van der Waals surface area contributed by atoms with Crippen molar-refractivity contribution in [2.45, 2.75) is 58.5 Å². The van der Waals surface area contributed by atoms with Crippen LogP contribution >= 0.6 is 11.6 Å². The highest BCUT2D eigenvalue weighted by molar-refractivity contribution is 6.30. The van der Waals surface area contributed by atoms with Crippen molar-refractivity contribution in [3.63, 3.8) is 0 Å². The fourth-order valence-electron chi connectivity index (χ4n) is 4.83. The zero-order chi connectivity index (χ0) is 24.2. The molecule has 0 N–H and O–H groups in total. The zero-order valence-electron chi connectivity index (χ0n) is 20.0. The summed E-state index contributed by atoms with van der Waals surface area (Å²) in [6.07, 6.45) is 4.55. The molecule has 1 saturated heterocycles. The van der Waals surface area contributed by atoms with E-state index in [-0.39, 0.29) is 18.2 Å². The van der Waals surface area contributed by atoms with Crippen LogP contribution in [0.2, 0.25) is 5.02 Å². The van der Waals surface area contributed by atoms with E-state index < -0.39 is 0 Å². The molecular weight excluding hydrogens is 446 g/mol. The second kappa shape index (κ2) is 10.7. The van der Waals surface area contributed by atoms with Gasteiger partial charge in [0.25, 0.3) is 0 Å². The number of hydrogen-bond acceptors (Lipinski definition) is 3. The third kappa shape index (κ3) is 6.05. The number of nitrogens with zero attached hydrogens (tertiary/aromatic N) is 3. The Kier molecular flexibility index (Phi) is 7.70. The summed E-state index contributed by atoms with van der Waals surface area (Å²) < 4.78 is 0. The van der Waals surface area contributed by atoms with Gasteiger partial charge in [0.2, 0.25) is 5.91 Å². The summed E-state index contributed by atoms with van der Waals surface area (Å²) >= 11 is 6.45. The van der Waals surface area contributed by atoms with Crippen LogP contribution in [0.4, 0.5) is 5.69 Å². The molecule has 1 aliphatic carbocycles. The van der Waals surface area contributed by atoms with E-state index in [1.54, 1.807) is 24.3 Å². The predicted molar refractivity (Wildman–Crippen MR) is 135 cm³/mol. The van der Waals surface area contributed by atoms with E-state index in [9.17, 15) is 9.59 Å². The Morgan fingerprint density at radius 2 is 1.91 bits per heavy atom. The maximum absolute atomic E-state index is 12.9. The summed E-state index contributed by atoms with van der Waals surface area (Å²) in [5.74, 6) is 1.05. The lowest BCUT2D eigenvalue weighted by Gasteiger charge is -2.40. The molecule has 1 heterocycles. The quantitative estimate of drug-likeness (QED) is 0.354. The van der Waals surface area contributed by atoms with Crippen LogP contribution in [0.1, 0.15) is 59.7 Å². The Morgan fingerprint density at radius 3 is 2.62 bits per heavy atom. The first-order chi connectivity index (χ1) is 16.3. The Labute approximate surface area is 207 Å². The second-order valence-corrected chi connectivity index (χ2v) is 10.2. The SMILES string of the molecule is [C-]#[N+]c1cccc(C(=O)Cc2cc(Cl)cc(CN3CCN(C(=O)CCC4CC4)[C@@H](C)C3)c2C)c1. The minimum atomic E-state index is -0.0197. The van der Waals surface area contributed by atoms with Gasteiger partial charge in [-0.3, -0.25) is 14.5 Å². The average Bonchev–Trinajstić information content (AvgIpc) is 3.65. The third-order valence-electron chi connectivity index (χ3n) is 7.13. The highest BCUT2D eigenvalue weighted by atomic mass is 35.5. The van der Waals surface area contributed by atoms with Crippen molar-refractivity contribution in [2.24, 2.45) is 5.92 Å². The minimum Gasteiger partial charge on any atom is -0.337 e. The molecule has 6 heteroatoms. The summed E-state index contributed by atoms with van der Waals surface area (Å²) in [4.78, 5) is 33.4. The van der Waals surface area contributed by atoms with Crippen molar-refractivity contribution in [3.05, 3.63) is 75.1 Å². The first-order valence-corrected chi connectivity index (χ1v) is 12.5. The molecule has 1 atom stereocenters. The van der Waals surface area contributed by atoms with Gasteiger partial charge in [-0.15, -0.1) is 0 Å². The Bertz CT molecular complexity index is 1120. The molecule has 4 rings (SSSR count). The standard InChI is InChI=1S/C28H32ClN3O2/c1-19-17-31(11-12-32(19)28(34)10-9-21-7-8-21)18-24-14-25(29)13-23(20(24)2)16-27(33)22-5-4-6-26(15-22)30-3/h4-6,13-15,19,21H,7-12,16-18H2,1-2H3/t19-/m0/s1. The Morgan fingerprint density at radius 1 is 1.15 bits per heavy atom. The summed E-state index contributed by atoms with van der Waals surface area (Å²) in [5, 5.41) is 0.625. The van der Waals surface area contributed by atoms with Crippen molar-refractivity contribution in [1.29, 1.82) is 0 Å². The highest BCUT2D eigenvalue weighted by Gasteiger charge is 2.29. The van der Waals surface area contributed by atoms with Crippen molar-refractivity contribution >= 4 is 29.0 Å². The van der Waals surface area contributed by atoms with E-state index in [1.165, 1.54) is 12.8 Å². The van der Waals surface area contributed by atoms with Crippen LogP contribution < -0.4 is 0 Å². The molecule has 1 saturated carbocycles. The molecule has 2 aromatic rings. The molecule has 0 bridgehead atoms. The maximum atomic E-state index is 12.9. The van der Waals surface area contributed by atoms with Gasteiger partial charge in [-0.05, 0) is 61.1 Å². The van der Waals surface area contributed by atoms with E-state index in [1.807, 2.05) is 24.0 Å². The van der Waals surface area contributed by atoms with Crippen LogP contribution in [0.25, 0.3) is 4.85 Å². The Hall–Kier alpha value is -2.68. The molecule has 5 nitrogen and oxygen atoms in total. The molecule has 0 radical (unpaired) electrons. The number of ketones is 1. The average molecular weight is 478 g/mol. The third-order valence-corrected chi connectivity index (χ3v) is 7.34. The summed E-state index contributed by atoms with van der Waals surface area (Å²) in [6, 6.07) is 10.9. The largest absolute Gasteiger partial charge is 0.337 e. The summed E-state index contributed by atoms with van der Waals surface area (Å²) in [6.45, 7) is 14.5. The van der Waals surface area contributed by atoms with E-state index in [0.29, 0.717) is 28.6 Å². The van der Waals surface area contributed by atoms with Gasteiger partial charge in [0.15, 0.2) is 11.5 Å². The zero-order valence-corrected chi connectivity index (χ0v) is 20.8. The fraction of sp³-hybridized carbons (Fsp3) is 0.464. The number of halogens is 1. The van der Waals surface area contributed by atoms with Gasteiger partial charge in [-0.2, -0.15) is 0 Å². The number of piperazine rings is 1. The molecule has 178 valence electrons. The van der Waals surface area contributed by atoms with Gasteiger partial charge in [-0.25, -0.2) is 4.85 Å². The minimum absolute atomic E-state index is 0.0197. The van der Waals surface area contributed by atoms with Crippen LogP contribution in [0.5, 0.6) is 0 Å². The number of hydrogen-bond donors (Lipinski definition) is 0. The fourth-order valence-corrected chi connectivity index (χ4v) is 5.10. The lowest BCUT2D eigenvalue weighted by molar-refractivity contribution is -0.136. The number of carbonyl (C=O) groups excluding carboxylic acids is 2. The van der Waals surface area contributed by atoms with Crippen molar-refractivity contribution < 1.29 is 9.59 Å². The molecule has 2 fully saturated rings. The van der Waals surface area contributed by atoms with Crippen LogP contribution in [-0.4, -0.2) is 47.2 Å². The number of rotatable bonds is 8. The lowest BCUT2D eigenvalue weighted by atomic mass is 9.95. The van der Waals surface area contributed by atoms with Gasteiger partial charge < -0.3 is 4.90 Å². The van der Waals surface area contributed by atoms with Crippen molar-refractivity contribution in [3.8, 4) is 0 Å². The molecule has 0 unspecified atom stereocenters. The molecule has 0 spiro atoms. The van der Waals surface area contributed by atoms with Crippen LogP contribution in [0.15, 0.2) is 36.4 Å². The van der Waals surface area contributed by atoms with Crippen molar-refractivity contribution in [2.75, 3.05) is 19.6 Å². The van der Waals surface area contributed by atoms with E-state index in [0.717, 1.165) is 55.2 Å². The van der Waals surface area contributed by atoms with Gasteiger partial charge in [0.1, 0.15) is 0 Å². The molecule has 2 aromatic carbocycles. The number of Topliss-reactive ketones (excluding diaryl/α,β-unsaturated/α-hetero) is 1. The second-order valence-electron chi connectivity index (χ2n) is 9.76. The Balaban J connectivity index is 1.40. The normalized spacial score (nSPS) is 18.5. The smallest absolute Gasteiger partial charge is 0.222 e. The molecule has 2 aliphatic rings. The van der Waals surface area contributed by atoms with E-state index >= 15 is 0 Å². The number of amides is 1. The predicted octanol–water partition coefficient (Wildman–Crippen LogP) is 5.85. The van der Waals surface area contributed by atoms with E-state index in [2.05, 4.69) is 16.7 Å². The number of benzene rings is 2. The topological polar surface area (TPSA) is 45.0 Å². The van der Waals surface area contributed by atoms with E-state index in [4.69, 9.17) is 18.2 Å². The molecule has 34 heavy (non-hydrogen) atoms. The van der Waals surface area contributed by atoms with Crippen LogP contribution in [-0.2, 0) is 17.8 Å². The monoisotopic (exact) mass is 477 g/mol. The van der Waals surface area contributed by atoms with Gasteiger partial charge in [-0.1, -0.05) is 42.6 Å². The molecular formula is C28H32ClN3O2. The maximum Gasteiger partial charge on any atom is 0.222 e. The first kappa shape index (κ1) is 24.4. The van der Waals surface area contributed by atoms with Crippen LogP contribution in [0, 0.1) is 19.4 Å². The summed E-state index contributed by atoms with van der Waals surface area (Å²) in [7, 11) is 0. The first-order valence-electron chi connectivity index (χ1n) is 12.1. The summed E-state index contributed by atoms with van der Waals surface area (Å²) in [5.41, 5.74) is 4.13. The van der Waals surface area contributed by atoms with Gasteiger partial charge in [0.05, 0.1) is 6.57 Å². The van der Waals surface area contributed by atoms with Crippen molar-refractivity contribution in [1.82, 2.24) is 9.80 Å². The molecule has 1 aliphatic heterocycles. The van der Waals surface area contributed by atoms with Gasteiger partial charge in [0, 0.05) is 55.6 Å². The van der Waals surface area contributed by atoms with Gasteiger partial charge >= 0.3 is 0 Å². The van der Waals surface area contributed by atoms with Crippen LogP contribution in [0.3, 0.4) is 0 Å². The molecule has 1 amide bonds. The highest BCUT2D eigenvalue weighted by Crippen LogP contribution is 2.34. The molecule has 0 aromatic heterocycles. The number of carbonyl (C=O) groups is 2.